The number of anilines is 1. The lowest BCUT2D eigenvalue weighted by Gasteiger charge is -2.40. The molecule has 0 aliphatic carbocycles. The van der Waals surface area contributed by atoms with Crippen molar-refractivity contribution in [3.8, 4) is 0 Å². The van der Waals surface area contributed by atoms with Gasteiger partial charge in [0.25, 0.3) is 0 Å². The van der Waals surface area contributed by atoms with Gasteiger partial charge in [-0.05, 0) is 23.1 Å². The highest BCUT2D eigenvalue weighted by atomic mass is 16.5. The molecule has 2 atom stereocenters. The predicted octanol–water partition coefficient (Wildman–Crippen LogP) is 1.28. The Morgan fingerprint density at radius 2 is 2.00 bits per heavy atom. The molecule has 0 bridgehead atoms. The van der Waals surface area contributed by atoms with Crippen molar-refractivity contribution in [2.45, 2.75) is 39.3 Å². The van der Waals surface area contributed by atoms with Crippen LogP contribution >= 0.6 is 0 Å². The number of rotatable bonds is 6. The minimum atomic E-state index is -0.471. The standard InChI is InChI=1S/C19H29N3O4/c1-19(2,3)10-16(24)21-14-6-4-13(5-7-14)18-15(11-23)22(9-8-20)17(25)12-26-18/h4-7,15,18,23H,8-12,20H2,1-3H3,(H,21,24). The molecule has 1 aliphatic heterocycles. The van der Waals surface area contributed by atoms with Gasteiger partial charge in [-0.3, -0.25) is 9.59 Å². The maximum absolute atomic E-state index is 12.0. The molecule has 1 fully saturated rings. The Balaban J connectivity index is 2.09. The van der Waals surface area contributed by atoms with Crippen molar-refractivity contribution >= 4 is 17.5 Å². The third kappa shape index (κ3) is 5.27. The van der Waals surface area contributed by atoms with Crippen LogP contribution in [0.5, 0.6) is 0 Å². The van der Waals surface area contributed by atoms with Gasteiger partial charge in [-0.25, -0.2) is 0 Å². The first-order chi connectivity index (χ1) is 12.2. The van der Waals surface area contributed by atoms with Gasteiger partial charge < -0.3 is 25.8 Å². The van der Waals surface area contributed by atoms with Crippen molar-refractivity contribution in [2.24, 2.45) is 11.1 Å². The highest BCUT2D eigenvalue weighted by Crippen LogP contribution is 2.30. The Morgan fingerprint density at radius 1 is 1.35 bits per heavy atom. The fourth-order valence-corrected chi connectivity index (χ4v) is 3.09. The molecule has 2 unspecified atom stereocenters. The first-order valence-electron chi connectivity index (χ1n) is 8.87. The summed E-state index contributed by atoms with van der Waals surface area (Å²) in [7, 11) is 0. The van der Waals surface area contributed by atoms with Gasteiger partial charge in [-0.15, -0.1) is 0 Å². The van der Waals surface area contributed by atoms with E-state index in [0.717, 1.165) is 5.56 Å². The maximum Gasteiger partial charge on any atom is 0.249 e. The molecule has 1 aromatic carbocycles. The summed E-state index contributed by atoms with van der Waals surface area (Å²) < 4.78 is 5.66. The van der Waals surface area contributed by atoms with E-state index in [1.165, 1.54) is 0 Å². The number of morpholine rings is 1. The predicted molar refractivity (Wildman–Crippen MR) is 99.5 cm³/mol. The van der Waals surface area contributed by atoms with E-state index in [9.17, 15) is 14.7 Å². The number of aliphatic hydroxyl groups is 1. The fourth-order valence-electron chi connectivity index (χ4n) is 3.09. The molecule has 144 valence electrons. The lowest BCUT2D eigenvalue weighted by Crippen LogP contribution is -2.54. The zero-order valence-electron chi connectivity index (χ0n) is 15.7. The van der Waals surface area contributed by atoms with Gasteiger partial charge in [0.2, 0.25) is 11.8 Å². The Hall–Kier alpha value is -1.96. The number of hydrogen-bond acceptors (Lipinski definition) is 5. The third-order valence-corrected chi connectivity index (χ3v) is 4.23. The van der Waals surface area contributed by atoms with Crippen LogP contribution in [0.25, 0.3) is 0 Å². The van der Waals surface area contributed by atoms with Crippen molar-refractivity contribution in [1.82, 2.24) is 4.90 Å². The molecule has 1 heterocycles. The van der Waals surface area contributed by atoms with Crippen molar-refractivity contribution < 1.29 is 19.4 Å². The van der Waals surface area contributed by atoms with Crippen LogP contribution < -0.4 is 11.1 Å². The summed E-state index contributed by atoms with van der Waals surface area (Å²) in [6.07, 6.45) is 0.00652. The molecular formula is C19H29N3O4. The van der Waals surface area contributed by atoms with Crippen molar-refractivity contribution in [3.05, 3.63) is 29.8 Å². The van der Waals surface area contributed by atoms with Crippen LogP contribution in [0, 0.1) is 5.41 Å². The molecule has 1 saturated heterocycles. The monoisotopic (exact) mass is 363 g/mol. The average molecular weight is 363 g/mol. The van der Waals surface area contributed by atoms with E-state index in [0.29, 0.717) is 25.2 Å². The highest BCUT2D eigenvalue weighted by molar-refractivity contribution is 5.91. The van der Waals surface area contributed by atoms with Gasteiger partial charge in [0.1, 0.15) is 12.7 Å². The van der Waals surface area contributed by atoms with Gasteiger partial charge in [0.05, 0.1) is 12.6 Å². The first kappa shape index (κ1) is 20.4. The normalized spacial score (nSPS) is 21.0. The number of nitrogens with one attached hydrogen (secondary N) is 1. The lowest BCUT2D eigenvalue weighted by atomic mass is 9.92. The molecule has 2 amide bonds. The zero-order chi connectivity index (χ0) is 19.3. The molecule has 0 saturated carbocycles. The number of amides is 2. The Bertz CT molecular complexity index is 625. The topological polar surface area (TPSA) is 105 Å². The fraction of sp³-hybridized carbons (Fsp3) is 0.579. The summed E-state index contributed by atoms with van der Waals surface area (Å²) in [5, 5.41) is 12.6. The summed E-state index contributed by atoms with van der Waals surface area (Å²) in [4.78, 5) is 25.6. The lowest BCUT2D eigenvalue weighted by molar-refractivity contribution is -0.160. The molecule has 1 aromatic rings. The number of hydrogen-bond donors (Lipinski definition) is 3. The minimum Gasteiger partial charge on any atom is -0.394 e. The van der Waals surface area contributed by atoms with Crippen LogP contribution in [0.2, 0.25) is 0 Å². The Morgan fingerprint density at radius 3 is 2.54 bits per heavy atom. The quantitative estimate of drug-likeness (QED) is 0.706. The van der Waals surface area contributed by atoms with E-state index in [2.05, 4.69) is 5.32 Å². The maximum atomic E-state index is 12.0. The van der Waals surface area contributed by atoms with Gasteiger partial charge >= 0.3 is 0 Å². The number of carbonyl (C=O) groups is 2. The van der Waals surface area contributed by atoms with E-state index in [1.54, 1.807) is 17.0 Å². The Labute approximate surface area is 154 Å². The van der Waals surface area contributed by atoms with Crippen LogP contribution in [-0.2, 0) is 14.3 Å². The van der Waals surface area contributed by atoms with Crippen LogP contribution in [0.3, 0.4) is 0 Å². The van der Waals surface area contributed by atoms with E-state index in [4.69, 9.17) is 10.5 Å². The minimum absolute atomic E-state index is 0.0351. The summed E-state index contributed by atoms with van der Waals surface area (Å²) in [5.74, 6) is -0.205. The molecule has 0 spiro atoms. The second-order valence-corrected chi connectivity index (χ2v) is 7.76. The number of aliphatic hydroxyl groups excluding tert-OH is 1. The second kappa shape index (κ2) is 8.62. The van der Waals surface area contributed by atoms with Crippen molar-refractivity contribution in [1.29, 1.82) is 0 Å². The van der Waals surface area contributed by atoms with E-state index in [1.807, 2.05) is 32.9 Å². The van der Waals surface area contributed by atoms with Gasteiger partial charge in [-0.1, -0.05) is 32.9 Å². The average Bonchev–Trinajstić information content (AvgIpc) is 2.55. The first-order valence-corrected chi connectivity index (χ1v) is 8.87. The van der Waals surface area contributed by atoms with Gasteiger partial charge in [0.15, 0.2) is 0 Å². The highest BCUT2D eigenvalue weighted by Gasteiger charge is 2.36. The van der Waals surface area contributed by atoms with Crippen LogP contribution in [0.15, 0.2) is 24.3 Å². The number of benzene rings is 1. The van der Waals surface area contributed by atoms with Crippen molar-refractivity contribution in [3.63, 3.8) is 0 Å². The summed E-state index contributed by atoms with van der Waals surface area (Å²) >= 11 is 0. The van der Waals surface area contributed by atoms with Crippen molar-refractivity contribution in [2.75, 3.05) is 31.6 Å². The largest absolute Gasteiger partial charge is 0.394 e. The molecule has 7 nitrogen and oxygen atoms in total. The smallest absolute Gasteiger partial charge is 0.249 e. The molecule has 4 N–H and O–H groups in total. The van der Waals surface area contributed by atoms with E-state index < -0.39 is 12.1 Å². The van der Waals surface area contributed by atoms with Gasteiger partial charge in [-0.2, -0.15) is 0 Å². The summed E-state index contributed by atoms with van der Waals surface area (Å²) in [6.45, 7) is 6.50. The third-order valence-electron chi connectivity index (χ3n) is 4.23. The summed E-state index contributed by atoms with van der Waals surface area (Å²) in [6, 6.07) is 6.82. The molecule has 1 aliphatic rings. The SMILES string of the molecule is CC(C)(C)CC(=O)Nc1ccc(C2OCC(=O)N(CCN)C2CO)cc1. The number of ether oxygens (including phenoxy) is 1. The van der Waals surface area contributed by atoms with Gasteiger partial charge in [0, 0.05) is 25.2 Å². The molecular weight excluding hydrogens is 334 g/mol. The molecule has 0 radical (unpaired) electrons. The number of nitrogens with two attached hydrogens (primary N) is 1. The zero-order valence-corrected chi connectivity index (χ0v) is 15.7. The Kier molecular flexibility index (Phi) is 6.75. The van der Waals surface area contributed by atoms with E-state index >= 15 is 0 Å². The summed E-state index contributed by atoms with van der Waals surface area (Å²) in [5.41, 5.74) is 7.04. The molecule has 26 heavy (non-hydrogen) atoms. The molecule has 2 rings (SSSR count). The van der Waals surface area contributed by atoms with Crippen LogP contribution in [0.4, 0.5) is 5.69 Å². The number of nitrogens with zero attached hydrogens (tertiary/aromatic N) is 1. The van der Waals surface area contributed by atoms with Crippen LogP contribution in [-0.4, -0.2) is 54.2 Å². The van der Waals surface area contributed by atoms with Crippen LogP contribution in [0.1, 0.15) is 38.9 Å². The number of carbonyl (C=O) groups excluding carboxylic acids is 2. The molecule has 7 heteroatoms. The second-order valence-electron chi connectivity index (χ2n) is 7.76. The van der Waals surface area contributed by atoms with E-state index in [-0.39, 0.29) is 30.4 Å². The molecule has 0 aromatic heterocycles.